The van der Waals surface area contributed by atoms with Crippen LogP contribution in [0.2, 0.25) is 0 Å². The Morgan fingerprint density at radius 2 is 1.92 bits per heavy atom. The zero-order valence-electron chi connectivity index (χ0n) is 20.3. The fraction of sp³-hybridized carbons (Fsp3) is 0.0769. The van der Waals surface area contributed by atoms with Crippen LogP contribution in [0.25, 0.3) is 33.2 Å². The van der Waals surface area contributed by atoms with Crippen LogP contribution in [0.5, 0.6) is 0 Å². The summed E-state index contributed by atoms with van der Waals surface area (Å²) in [6.07, 6.45) is 5.78. The van der Waals surface area contributed by atoms with E-state index in [-0.39, 0.29) is 5.91 Å². The molecule has 0 aliphatic rings. The molecule has 0 saturated heterocycles. The Labute approximate surface area is 212 Å². The molecule has 0 spiro atoms. The van der Waals surface area contributed by atoms with E-state index in [4.69, 9.17) is 16.5 Å². The molecule has 11 heteroatoms. The first-order valence-electron chi connectivity index (χ1n) is 11.5. The van der Waals surface area contributed by atoms with Gasteiger partial charge in [-0.2, -0.15) is 5.10 Å². The molecule has 0 radical (unpaired) electrons. The Morgan fingerprint density at radius 1 is 1.05 bits per heavy atom. The molecule has 0 aliphatic carbocycles. The first-order chi connectivity index (χ1) is 17.9. The van der Waals surface area contributed by atoms with Crippen molar-refractivity contribution in [3.63, 3.8) is 0 Å². The molecule has 186 valence electrons. The third-order valence-corrected chi connectivity index (χ3v) is 5.73. The Balaban J connectivity index is 1.39. The highest BCUT2D eigenvalue weighted by Crippen LogP contribution is 2.28. The lowest BCUT2D eigenvalue weighted by molar-refractivity contribution is 0.0963. The number of carbonyl (C=O) groups excluding carboxylic acids is 1. The minimum atomic E-state index is -0.331. The highest BCUT2D eigenvalue weighted by Gasteiger charge is 2.13. The lowest BCUT2D eigenvalue weighted by Crippen LogP contribution is -2.23. The number of H-pyrrole nitrogens is 2. The minimum Gasteiger partial charge on any atom is -0.405 e. The standard InChI is InChI=1S/C26H26N10O/c1-36(2)25-19-13-17(5-6-20(19)34-35-25)30-23-8-10-29-24(33-23)16-4-3-15-11-22(32-21(15)12-16)26(37)31-18(14-28)7-9-27/h3-14,32H,27-28H2,1-2H3,(H,31,37)(H,34,35)(H,29,30,33)/b9-7-,18-14+. The number of hydrogen-bond donors (Lipinski definition) is 6. The molecule has 5 aromatic rings. The number of anilines is 3. The van der Waals surface area contributed by atoms with E-state index in [2.05, 4.69) is 30.8 Å². The van der Waals surface area contributed by atoms with Crippen molar-refractivity contribution in [2.75, 3.05) is 24.3 Å². The number of benzene rings is 2. The predicted molar refractivity (Wildman–Crippen MR) is 146 cm³/mol. The van der Waals surface area contributed by atoms with Crippen LogP contribution in [0.15, 0.2) is 78.9 Å². The number of nitrogens with zero attached hydrogens (tertiary/aromatic N) is 4. The molecule has 3 heterocycles. The smallest absolute Gasteiger partial charge is 0.272 e. The molecule has 1 amide bonds. The van der Waals surface area contributed by atoms with E-state index in [9.17, 15) is 4.79 Å². The van der Waals surface area contributed by atoms with Gasteiger partial charge in [0.15, 0.2) is 11.6 Å². The van der Waals surface area contributed by atoms with E-state index in [0.29, 0.717) is 23.0 Å². The summed E-state index contributed by atoms with van der Waals surface area (Å²) >= 11 is 0. The van der Waals surface area contributed by atoms with Gasteiger partial charge in [0.05, 0.1) is 11.2 Å². The molecule has 3 aromatic heterocycles. The molecular formula is C26H26N10O. The summed E-state index contributed by atoms with van der Waals surface area (Å²) in [7, 11) is 3.91. The number of aromatic nitrogens is 5. The van der Waals surface area contributed by atoms with Gasteiger partial charge in [0.1, 0.15) is 11.5 Å². The average Bonchev–Trinajstić information content (AvgIpc) is 3.52. The maximum Gasteiger partial charge on any atom is 0.272 e. The number of carbonyl (C=O) groups is 1. The highest BCUT2D eigenvalue weighted by atomic mass is 16.1. The van der Waals surface area contributed by atoms with Crippen molar-refractivity contribution < 1.29 is 4.79 Å². The molecule has 5 rings (SSSR count). The van der Waals surface area contributed by atoms with Gasteiger partial charge in [-0.25, -0.2) is 9.97 Å². The van der Waals surface area contributed by atoms with Gasteiger partial charge in [0.25, 0.3) is 5.91 Å². The van der Waals surface area contributed by atoms with E-state index in [1.807, 2.05) is 61.5 Å². The molecule has 0 saturated carbocycles. The lowest BCUT2D eigenvalue weighted by atomic mass is 10.1. The topological polar surface area (TPSA) is 167 Å². The number of nitrogens with one attached hydrogen (secondary N) is 4. The molecule has 37 heavy (non-hydrogen) atoms. The van der Waals surface area contributed by atoms with Crippen LogP contribution in [-0.4, -0.2) is 45.2 Å². The summed E-state index contributed by atoms with van der Waals surface area (Å²) in [5.41, 5.74) is 15.1. The molecule has 0 bridgehead atoms. The fourth-order valence-corrected chi connectivity index (χ4v) is 3.96. The Hall–Kier alpha value is -5.32. The first-order valence-corrected chi connectivity index (χ1v) is 11.5. The maximum atomic E-state index is 12.6. The number of nitrogens with two attached hydrogens (primary N) is 2. The van der Waals surface area contributed by atoms with Crippen LogP contribution in [0.1, 0.15) is 10.5 Å². The van der Waals surface area contributed by atoms with Crippen LogP contribution < -0.4 is 27.0 Å². The largest absolute Gasteiger partial charge is 0.405 e. The predicted octanol–water partition coefficient (Wildman–Crippen LogP) is 3.31. The maximum absolute atomic E-state index is 12.6. The molecule has 2 aromatic carbocycles. The average molecular weight is 495 g/mol. The summed E-state index contributed by atoms with van der Waals surface area (Å²) in [4.78, 5) is 26.8. The van der Waals surface area contributed by atoms with Crippen molar-refractivity contribution >= 4 is 45.0 Å². The third-order valence-electron chi connectivity index (χ3n) is 5.73. The fourth-order valence-electron chi connectivity index (χ4n) is 3.96. The van der Waals surface area contributed by atoms with Gasteiger partial charge in [-0.05, 0) is 48.7 Å². The summed E-state index contributed by atoms with van der Waals surface area (Å²) in [6.45, 7) is 0. The lowest BCUT2D eigenvalue weighted by Gasteiger charge is -2.10. The van der Waals surface area contributed by atoms with Crippen LogP contribution in [0.4, 0.5) is 17.3 Å². The molecule has 0 aliphatic heterocycles. The van der Waals surface area contributed by atoms with Crippen LogP contribution >= 0.6 is 0 Å². The van der Waals surface area contributed by atoms with E-state index in [1.54, 1.807) is 12.3 Å². The van der Waals surface area contributed by atoms with E-state index >= 15 is 0 Å². The monoisotopic (exact) mass is 494 g/mol. The molecule has 0 atom stereocenters. The zero-order chi connectivity index (χ0) is 25.9. The SMILES string of the molecule is CN(C)c1n[nH]c2ccc(Nc3ccnc(-c4ccc5cc(C(=O)NC(/C=C\N)=C/N)[nH]c5c4)n3)cc12. The van der Waals surface area contributed by atoms with Gasteiger partial charge in [-0.1, -0.05) is 12.1 Å². The van der Waals surface area contributed by atoms with E-state index < -0.39 is 0 Å². The number of fused-ring (bicyclic) bond motifs is 2. The van der Waals surface area contributed by atoms with Gasteiger partial charge in [0, 0.05) is 54.0 Å². The second-order valence-corrected chi connectivity index (χ2v) is 8.51. The Bertz CT molecular complexity index is 1660. The van der Waals surface area contributed by atoms with Crippen molar-refractivity contribution in [1.82, 2.24) is 30.5 Å². The van der Waals surface area contributed by atoms with Gasteiger partial charge in [-0.3, -0.25) is 9.89 Å². The summed E-state index contributed by atoms with van der Waals surface area (Å²) in [6, 6.07) is 15.3. The van der Waals surface area contributed by atoms with E-state index in [1.165, 1.54) is 18.5 Å². The minimum absolute atomic E-state index is 0.331. The number of hydrogen-bond acceptors (Lipinski definition) is 8. The van der Waals surface area contributed by atoms with Crippen molar-refractivity contribution in [2.24, 2.45) is 11.5 Å². The molecule has 11 nitrogen and oxygen atoms in total. The number of rotatable bonds is 7. The van der Waals surface area contributed by atoms with Gasteiger partial charge in [0.2, 0.25) is 0 Å². The van der Waals surface area contributed by atoms with Crippen molar-refractivity contribution in [3.05, 3.63) is 84.6 Å². The highest BCUT2D eigenvalue weighted by molar-refractivity contribution is 5.99. The summed E-state index contributed by atoms with van der Waals surface area (Å²) in [5, 5.41) is 15.3. The van der Waals surface area contributed by atoms with Crippen LogP contribution in [0, 0.1) is 0 Å². The second-order valence-electron chi connectivity index (χ2n) is 8.51. The zero-order valence-corrected chi connectivity index (χ0v) is 20.3. The Kier molecular flexibility index (Phi) is 6.17. The van der Waals surface area contributed by atoms with Gasteiger partial charge in [-0.15, -0.1) is 0 Å². The third kappa shape index (κ3) is 4.78. The van der Waals surface area contributed by atoms with Crippen molar-refractivity contribution in [1.29, 1.82) is 0 Å². The quantitative estimate of drug-likeness (QED) is 0.187. The first kappa shape index (κ1) is 23.4. The van der Waals surface area contributed by atoms with Gasteiger partial charge < -0.3 is 32.0 Å². The molecule has 8 N–H and O–H groups in total. The van der Waals surface area contributed by atoms with Crippen molar-refractivity contribution in [3.8, 4) is 11.4 Å². The van der Waals surface area contributed by atoms with Gasteiger partial charge >= 0.3 is 0 Å². The number of aromatic amines is 2. The van der Waals surface area contributed by atoms with Crippen molar-refractivity contribution in [2.45, 2.75) is 0 Å². The molecule has 0 fully saturated rings. The summed E-state index contributed by atoms with van der Waals surface area (Å²) < 4.78 is 0. The number of amides is 1. The second kappa shape index (κ2) is 9.74. The summed E-state index contributed by atoms with van der Waals surface area (Å²) in [5.74, 6) is 1.73. The van der Waals surface area contributed by atoms with Crippen LogP contribution in [-0.2, 0) is 0 Å². The molecular weight excluding hydrogens is 468 g/mol. The Morgan fingerprint density at radius 3 is 2.70 bits per heavy atom. The van der Waals surface area contributed by atoms with E-state index in [0.717, 1.165) is 38.9 Å². The normalized spacial score (nSPS) is 11.9. The molecule has 0 unspecified atom stereocenters. The number of allylic oxidation sites excluding steroid dienone is 1. The van der Waals surface area contributed by atoms with Crippen LogP contribution in [0.3, 0.4) is 0 Å².